The van der Waals surface area contributed by atoms with Crippen LogP contribution in [0.4, 0.5) is 0 Å². The monoisotopic (exact) mass is 288 g/mol. The molecule has 106 valence electrons. The van der Waals surface area contributed by atoms with Crippen molar-refractivity contribution in [3.8, 4) is 0 Å². The van der Waals surface area contributed by atoms with Crippen LogP contribution in [0.3, 0.4) is 0 Å². The number of carbonyl (C=O) groups is 1. The van der Waals surface area contributed by atoms with Gasteiger partial charge in [0.25, 0.3) is 0 Å². The standard InChI is InChI=1S/C16H20N2OS/c1-13-5-3-4-6-14(13)7-8-16(19)18(2)11-9-15-17-10-12-20-15/h3-6,10,12H,7-9,11H2,1-2H3. The summed E-state index contributed by atoms with van der Waals surface area (Å²) < 4.78 is 0. The van der Waals surface area contributed by atoms with E-state index in [1.165, 1.54) is 11.1 Å². The molecule has 1 heterocycles. The van der Waals surface area contributed by atoms with E-state index in [4.69, 9.17) is 0 Å². The Kier molecular flexibility index (Phi) is 5.30. The molecule has 1 aromatic carbocycles. The molecule has 0 bridgehead atoms. The number of thiazole rings is 1. The van der Waals surface area contributed by atoms with Gasteiger partial charge in [0, 0.05) is 38.0 Å². The highest BCUT2D eigenvalue weighted by atomic mass is 32.1. The first-order valence-electron chi connectivity index (χ1n) is 6.83. The van der Waals surface area contributed by atoms with Gasteiger partial charge in [0.2, 0.25) is 5.91 Å². The molecule has 0 atom stereocenters. The summed E-state index contributed by atoms with van der Waals surface area (Å²) >= 11 is 1.64. The molecule has 0 unspecified atom stereocenters. The van der Waals surface area contributed by atoms with Gasteiger partial charge >= 0.3 is 0 Å². The number of rotatable bonds is 6. The molecule has 1 aromatic heterocycles. The molecule has 0 aliphatic heterocycles. The first-order chi connectivity index (χ1) is 9.66. The lowest BCUT2D eigenvalue weighted by Crippen LogP contribution is -2.29. The van der Waals surface area contributed by atoms with Gasteiger partial charge in [-0.05, 0) is 24.5 Å². The number of likely N-dealkylation sites (N-methyl/N-ethyl adjacent to an activating group) is 1. The molecular formula is C16H20N2OS. The smallest absolute Gasteiger partial charge is 0.222 e. The summed E-state index contributed by atoms with van der Waals surface area (Å²) in [5.74, 6) is 0.199. The molecule has 0 saturated heterocycles. The number of aryl methyl sites for hydroxylation is 2. The molecule has 0 radical (unpaired) electrons. The number of hydrogen-bond acceptors (Lipinski definition) is 3. The van der Waals surface area contributed by atoms with Crippen molar-refractivity contribution in [2.24, 2.45) is 0 Å². The van der Waals surface area contributed by atoms with Crippen LogP contribution in [-0.2, 0) is 17.6 Å². The fourth-order valence-electron chi connectivity index (χ4n) is 2.09. The van der Waals surface area contributed by atoms with Crippen molar-refractivity contribution < 1.29 is 4.79 Å². The van der Waals surface area contributed by atoms with E-state index in [9.17, 15) is 4.79 Å². The minimum Gasteiger partial charge on any atom is -0.345 e. The van der Waals surface area contributed by atoms with Gasteiger partial charge in [-0.3, -0.25) is 4.79 Å². The highest BCUT2D eigenvalue weighted by Gasteiger charge is 2.10. The van der Waals surface area contributed by atoms with Crippen LogP contribution in [0, 0.1) is 6.92 Å². The number of amides is 1. The molecule has 4 heteroatoms. The summed E-state index contributed by atoms with van der Waals surface area (Å²) in [5.41, 5.74) is 2.51. The van der Waals surface area contributed by atoms with Crippen LogP contribution in [-0.4, -0.2) is 29.4 Å². The lowest BCUT2D eigenvalue weighted by atomic mass is 10.0. The molecule has 0 aliphatic rings. The number of aromatic nitrogens is 1. The van der Waals surface area contributed by atoms with E-state index in [1.54, 1.807) is 22.4 Å². The Morgan fingerprint density at radius 2 is 2.10 bits per heavy atom. The average Bonchev–Trinajstić information content (AvgIpc) is 2.97. The van der Waals surface area contributed by atoms with Crippen LogP contribution in [0.5, 0.6) is 0 Å². The van der Waals surface area contributed by atoms with Gasteiger partial charge in [-0.1, -0.05) is 24.3 Å². The van der Waals surface area contributed by atoms with Crippen LogP contribution in [0.15, 0.2) is 35.8 Å². The maximum absolute atomic E-state index is 12.1. The Labute approximate surface area is 124 Å². The zero-order valence-corrected chi connectivity index (χ0v) is 12.8. The first-order valence-corrected chi connectivity index (χ1v) is 7.71. The van der Waals surface area contributed by atoms with Crippen LogP contribution in [0.1, 0.15) is 22.6 Å². The van der Waals surface area contributed by atoms with Crippen LogP contribution >= 0.6 is 11.3 Å². The summed E-state index contributed by atoms with van der Waals surface area (Å²) in [5, 5.41) is 3.05. The van der Waals surface area contributed by atoms with Gasteiger partial charge in [0.15, 0.2) is 0 Å². The fourth-order valence-corrected chi connectivity index (χ4v) is 2.70. The van der Waals surface area contributed by atoms with Gasteiger partial charge in [-0.15, -0.1) is 11.3 Å². The quantitative estimate of drug-likeness (QED) is 0.818. The second-order valence-electron chi connectivity index (χ2n) is 4.92. The predicted molar refractivity (Wildman–Crippen MR) is 83.0 cm³/mol. The zero-order valence-electron chi connectivity index (χ0n) is 12.0. The number of carbonyl (C=O) groups excluding carboxylic acids is 1. The summed E-state index contributed by atoms with van der Waals surface area (Å²) in [6, 6.07) is 8.24. The minimum absolute atomic E-state index is 0.199. The molecule has 0 aliphatic carbocycles. The Hall–Kier alpha value is -1.68. The Morgan fingerprint density at radius 1 is 1.30 bits per heavy atom. The maximum atomic E-state index is 12.1. The molecule has 3 nitrogen and oxygen atoms in total. The van der Waals surface area contributed by atoms with Gasteiger partial charge in [-0.2, -0.15) is 0 Å². The van der Waals surface area contributed by atoms with Crippen molar-refractivity contribution >= 4 is 17.2 Å². The van der Waals surface area contributed by atoms with Crippen molar-refractivity contribution in [1.82, 2.24) is 9.88 Å². The Balaban J connectivity index is 1.78. The van der Waals surface area contributed by atoms with Crippen molar-refractivity contribution in [1.29, 1.82) is 0 Å². The summed E-state index contributed by atoms with van der Waals surface area (Å²) in [7, 11) is 1.87. The SMILES string of the molecule is Cc1ccccc1CCC(=O)N(C)CCc1nccs1. The van der Waals surface area contributed by atoms with Crippen molar-refractivity contribution in [3.05, 3.63) is 52.0 Å². The Morgan fingerprint density at radius 3 is 2.80 bits per heavy atom. The first kappa shape index (κ1) is 14.7. The van der Waals surface area contributed by atoms with E-state index in [0.29, 0.717) is 6.42 Å². The van der Waals surface area contributed by atoms with E-state index in [0.717, 1.165) is 24.4 Å². The van der Waals surface area contributed by atoms with Crippen molar-refractivity contribution in [2.45, 2.75) is 26.2 Å². The third-order valence-corrected chi connectivity index (χ3v) is 4.28. The number of nitrogens with zero attached hydrogens (tertiary/aromatic N) is 2. The normalized spacial score (nSPS) is 10.5. The minimum atomic E-state index is 0.199. The van der Waals surface area contributed by atoms with Gasteiger partial charge < -0.3 is 4.90 Å². The molecule has 2 aromatic rings. The highest BCUT2D eigenvalue weighted by molar-refractivity contribution is 7.09. The molecular weight excluding hydrogens is 268 g/mol. The largest absolute Gasteiger partial charge is 0.345 e. The zero-order chi connectivity index (χ0) is 14.4. The molecule has 0 saturated carbocycles. The third-order valence-electron chi connectivity index (χ3n) is 3.44. The van der Waals surface area contributed by atoms with Crippen molar-refractivity contribution in [2.75, 3.05) is 13.6 Å². The van der Waals surface area contributed by atoms with Gasteiger partial charge in [0.1, 0.15) is 0 Å². The number of hydrogen-bond donors (Lipinski definition) is 0. The summed E-state index contributed by atoms with van der Waals surface area (Å²) in [6.07, 6.45) is 4.02. The predicted octanol–water partition coefficient (Wildman–Crippen LogP) is 3.09. The molecule has 1 amide bonds. The lowest BCUT2D eigenvalue weighted by molar-refractivity contribution is -0.129. The topological polar surface area (TPSA) is 33.2 Å². The van der Waals surface area contributed by atoms with E-state index < -0.39 is 0 Å². The van der Waals surface area contributed by atoms with Crippen LogP contribution in [0.25, 0.3) is 0 Å². The summed E-state index contributed by atoms with van der Waals surface area (Å²) in [6.45, 7) is 2.83. The Bertz CT molecular complexity index is 551. The molecule has 0 spiro atoms. The molecule has 20 heavy (non-hydrogen) atoms. The molecule has 0 N–H and O–H groups in total. The van der Waals surface area contributed by atoms with Crippen LogP contribution < -0.4 is 0 Å². The van der Waals surface area contributed by atoms with E-state index >= 15 is 0 Å². The highest BCUT2D eigenvalue weighted by Crippen LogP contribution is 2.11. The maximum Gasteiger partial charge on any atom is 0.222 e. The van der Waals surface area contributed by atoms with Crippen LogP contribution in [0.2, 0.25) is 0 Å². The summed E-state index contributed by atoms with van der Waals surface area (Å²) in [4.78, 5) is 18.1. The van der Waals surface area contributed by atoms with Gasteiger partial charge in [-0.25, -0.2) is 4.98 Å². The number of benzene rings is 1. The average molecular weight is 288 g/mol. The molecule has 2 rings (SSSR count). The van der Waals surface area contributed by atoms with Crippen molar-refractivity contribution in [3.63, 3.8) is 0 Å². The second kappa shape index (κ2) is 7.20. The van der Waals surface area contributed by atoms with E-state index in [1.807, 2.05) is 24.6 Å². The third kappa shape index (κ3) is 4.17. The molecule has 0 fully saturated rings. The fraction of sp³-hybridized carbons (Fsp3) is 0.375. The van der Waals surface area contributed by atoms with Gasteiger partial charge in [0.05, 0.1) is 5.01 Å². The lowest BCUT2D eigenvalue weighted by Gasteiger charge is -2.16. The van der Waals surface area contributed by atoms with E-state index in [-0.39, 0.29) is 5.91 Å². The van der Waals surface area contributed by atoms with E-state index in [2.05, 4.69) is 24.0 Å². The second-order valence-corrected chi connectivity index (χ2v) is 5.90.